The number of nitrogens with one attached hydrogen (secondary N) is 3. The molecule has 1 atom stereocenters. The van der Waals surface area contributed by atoms with Crippen LogP contribution in [0.25, 0.3) is 0 Å². The zero-order valence-electron chi connectivity index (χ0n) is 14.9. The Morgan fingerprint density at radius 1 is 1.04 bits per heavy atom. The van der Waals surface area contributed by atoms with Crippen molar-refractivity contribution in [3.8, 4) is 5.75 Å². The van der Waals surface area contributed by atoms with Crippen molar-refractivity contribution >= 4 is 35.0 Å². The lowest BCUT2D eigenvalue weighted by molar-refractivity contribution is -0.128. The Labute approximate surface area is 162 Å². The average molecular weight is 390 g/mol. The molecule has 3 N–H and O–H groups in total. The minimum absolute atomic E-state index is 0.119. The summed E-state index contributed by atoms with van der Waals surface area (Å²) in [7, 11) is 0. The molecule has 142 valence electrons. The second kappa shape index (κ2) is 9.59. The lowest BCUT2D eigenvalue weighted by atomic mass is 10.2. The number of carbonyl (C=O) groups excluding carboxylic acids is 3. The van der Waals surface area contributed by atoms with Gasteiger partial charge in [-0.15, -0.1) is 0 Å². The number of hydrogen-bond donors (Lipinski definition) is 3. The predicted molar refractivity (Wildman–Crippen MR) is 103 cm³/mol. The highest BCUT2D eigenvalue weighted by Gasteiger charge is 2.17. The molecular weight excluding hydrogens is 370 g/mol. The van der Waals surface area contributed by atoms with Crippen LogP contribution in [0.5, 0.6) is 5.75 Å². The summed E-state index contributed by atoms with van der Waals surface area (Å²) in [5.41, 5.74) is 5.52. The normalized spacial score (nSPS) is 11.2. The van der Waals surface area contributed by atoms with E-state index in [-0.39, 0.29) is 5.91 Å². The van der Waals surface area contributed by atoms with E-state index in [0.717, 1.165) is 0 Å². The number of rotatable bonds is 6. The Morgan fingerprint density at radius 3 is 2.33 bits per heavy atom. The van der Waals surface area contributed by atoms with E-state index >= 15 is 0 Å². The maximum absolute atomic E-state index is 12.1. The Kier molecular flexibility index (Phi) is 7.19. The van der Waals surface area contributed by atoms with Gasteiger partial charge in [0, 0.05) is 17.7 Å². The number of anilines is 1. The number of ether oxygens (including phenoxy) is 1. The van der Waals surface area contributed by atoms with Crippen LogP contribution in [0.3, 0.4) is 0 Å². The summed E-state index contributed by atoms with van der Waals surface area (Å²) in [6.45, 7) is 3.28. The molecule has 27 heavy (non-hydrogen) atoms. The first kappa shape index (κ1) is 20.3. The maximum Gasteiger partial charge on any atom is 0.279 e. The Hall–Kier alpha value is -3.06. The van der Waals surface area contributed by atoms with E-state index in [1.165, 1.54) is 19.1 Å². The highest BCUT2D eigenvalue weighted by atomic mass is 35.5. The van der Waals surface area contributed by atoms with E-state index in [1.54, 1.807) is 43.3 Å². The van der Waals surface area contributed by atoms with Crippen molar-refractivity contribution in [2.45, 2.75) is 26.4 Å². The Morgan fingerprint density at radius 2 is 1.70 bits per heavy atom. The minimum atomic E-state index is -0.864. The zero-order chi connectivity index (χ0) is 19.8. The molecule has 0 aliphatic rings. The molecule has 2 rings (SSSR count). The molecule has 0 aliphatic carbocycles. The molecule has 0 heterocycles. The molecular formula is C19H20ClN3O4. The third kappa shape index (κ3) is 6.00. The largest absolute Gasteiger partial charge is 0.479 e. The molecule has 8 heteroatoms. The first-order valence-corrected chi connectivity index (χ1v) is 8.69. The molecule has 0 saturated heterocycles. The summed E-state index contributed by atoms with van der Waals surface area (Å²) in [4.78, 5) is 35.5. The van der Waals surface area contributed by atoms with Gasteiger partial charge >= 0.3 is 0 Å². The molecule has 0 fully saturated rings. The number of para-hydroxylation sites is 1. The summed E-state index contributed by atoms with van der Waals surface area (Å²) in [5.74, 6) is -0.776. The quantitative estimate of drug-likeness (QED) is 0.662. The minimum Gasteiger partial charge on any atom is -0.479 e. The second-order valence-corrected chi connectivity index (χ2v) is 6.02. The smallest absolute Gasteiger partial charge is 0.279 e. The summed E-state index contributed by atoms with van der Waals surface area (Å²) in [5, 5.41) is 3.07. The highest BCUT2D eigenvalue weighted by Crippen LogP contribution is 2.24. The van der Waals surface area contributed by atoms with Gasteiger partial charge in [0.2, 0.25) is 5.91 Å². The zero-order valence-corrected chi connectivity index (χ0v) is 15.7. The fourth-order valence-corrected chi connectivity index (χ4v) is 2.21. The first-order valence-electron chi connectivity index (χ1n) is 8.32. The van der Waals surface area contributed by atoms with Gasteiger partial charge in [-0.05, 0) is 43.3 Å². The van der Waals surface area contributed by atoms with Gasteiger partial charge in [0.25, 0.3) is 11.8 Å². The third-order valence-electron chi connectivity index (χ3n) is 3.56. The van der Waals surface area contributed by atoms with E-state index in [4.69, 9.17) is 16.3 Å². The van der Waals surface area contributed by atoms with Gasteiger partial charge in [0.15, 0.2) is 6.10 Å². The van der Waals surface area contributed by atoms with Gasteiger partial charge in [-0.2, -0.15) is 0 Å². The molecule has 3 amide bonds. The number of amides is 3. The lowest BCUT2D eigenvalue weighted by Crippen LogP contribution is -2.47. The van der Waals surface area contributed by atoms with Crippen LogP contribution in [0.15, 0.2) is 48.5 Å². The molecule has 0 bridgehead atoms. The van der Waals surface area contributed by atoms with Crippen molar-refractivity contribution in [2.24, 2.45) is 0 Å². The number of benzene rings is 2. The summed E-state index contributed by atoms with van der Waals surface area (Å²) >= 11 is 5.98. The summed E-state index contributed by atoms with van der Waals surface area (Å²) < 4.78 is 5.47. The SMILES string of the molecule is CCC(=O)Nc1ccc(C(=O)NNC(=O)C(C)Oc2ccccc2Cl)cc1. The fourth-order valence-electron chi connectivity index (χ4n) is 2.03. The topological polar surface area (TPSA) is 96.5 Å². The van der Waals surface area contributed by atoms with Crippen LogP contribution in [0.4, 0.5) is 5.69 Å². The Balaban J connectivity index is 1.86. The van der Waals surface area contributed by atoms with Crippen LogP contribution in [0.2, 0.25) is 5.02 Å². The molecule has 2 aromatic carbocycles. The number of carbonyl (C=O) groups is 3. The van der Waals surface area contributed by atoms with Crippen molar-refractivity contribution in [3.05, 3.63) is 59.1 Å². The summed E-state index contributed by atoms with van der Waals surface area (Å²) in [6, 6.07) is 13.1. The Bertz CT molecular complexity index is 824. The van der Waals surface area contributed by atoms with Gasteiger partial charge in [-0.25, -0.2) is 0 Å². The van der Waals surface area contributed by atoms with Gasteiger partial charge in [0.1, 0.15) is 5.75 Å². The van der Waals surface area contributed by atoms with Crippen LogP contribution in [-0.2, 0) is 9.59 Å². The monoisotopic (exact) mass is 389 g/mol. The molecule has 0 radical (unpaired) electrons. The van der Waals surface area contributed by atoms with Crippen LogP contribution in [0.1, 0.15) is 30.6 Å². The van der Waals surface area contributed by atoms with Crippen LogP contribution in [0, 0.1) is 0 Å². The average Bonchev–Trinajstić information content (AvgIpc) is 2.68. The van der Waals surface area contributed by atoms with E-state index in [1.807, 2.05) is 0 Å². The molecule has 0 aromatic heterocycles. The summed E-state index contributed by atoms with van der Waals surface area (Å²) in [6.07, 6.45) is -0.500. The maximum atomic E-state index is 12.1. The van der Waals surface area contributed by atoms with Gasteiger partial charge < -0.3 is 10.1 Å². The van der Waals surface area contributed by atoms with Gasteiger partial charge in [-0.3, -0.25) is 25.2 Å². The molecule has 0 spiro atoms. The molecule has 2 aromatic rings. The highest BCUT2D eigenvalue weighted by molar-refractivity contribution is 6.32. The first-order chi connectivity index (χ1) is 12.9. The van der Waals surface area contributed by atoms with Crippen LogP contribution < -0.4 is 20.9 Å². The molecule has 0 aliphatic heterocycles. The third-order valence-corrected chi connectivity index (χ3v) is 3.87. The molecule has 7 nitrogen and oxygen atoms in total. The van der Waals surface area contributed by atoms with E-state index in [0.29, 0.717) is 28.4 Å². The van der Waals surface area contributed by atoms with Crippen LogP contribution in [-0.4, -0.2) is 23.8 Å². The van der Waals surface area contributed by atoms with E-state index in [2.05, 4.69) is 16.2 Å². The van der Waals surface area contributed by atoms with Crippen molar-refractivity contribution in [1.29, 1.82) is 0 Å². The van der Waals surface area contributed by atoms with Crippen LogP contribution >= 0.6 is 11.6 Å². The fraction of sp³-hybridized carbons (Fsp3) is 0.211. The van der Waals surface area contributed by atoms with Crippen molar-refractivity contribution in [1.82, 2.24) is 10.9 Å². The number of hydrazine groups is 1. The van der Waals surface area contributed by atoms with Crippen molar-refractivity contribution in [3.63, 3.8) is 0 Å². The number of halogens is 1. The van der Waals surface area contributed by atoms with Gasteiger partial charge in [-0.1, -0.05) is 30.7 Å². The molecule has 1 unspecified atom stereocenters. The lowest BCUT2D eigenvalue weighted by Gasteiger charge is -2.16. The number of hydrogen-bond acceptors (Lipinski definition) is 4. The van der Waals surface area contributed by atoms with E-state index < -0.39 is 17.9 Å². The predicted octanol–water partition coefficient (Wildman–Crippen LogP) is 2.92. The standard InChI is InChI=1S/C19H20ClN3O4/c1-3-17(24)21-14-10-8-13(9-11-14)19(26)23-22-18(25)12(2)27-16-7-5-4-6-15(16)20/h4-12H,3H2,1-2H3,(H,21,24)(H,22,25)(H,23,26). The second-order valence-electron chi connectivity index (χ2n) is 5.61. The van der Waals surface area contributed by atoms with Crippen molar-refractivity contribution < 1.29 is 19.1 Å². The van der Waals surface area contributed by atoms with Gasteiger partial charge in [0.05, 0.1) is 5.02 Å². The van der Waals surface area contributed by atoms with Crippen molar-refractivity contribution in [2.75, 3.05) is 5.32 Å². The van der Waals surface area contributed by atoms with E-state index in [9.17, 15) is 14.4 Å². The molecule has 0 saturated carbocycles.